The second-order valence-corrected chi connectivity index (χ2v) is 10.4. The number of phenols is 1. The minimum atomic E-state index is -4.56. The highest BCUT2D eigenvalue weighted by Crippen LogP contribution is 2.44. The van der Waals surface area contributed by atoms with Crippen molar-refractivity contribution in [1.82, 2.24) is 15.0 Å². The van der Waals surface area contributed by atoms with Gasteiger partial charge in [0, 0.05) is 47.6 Å². The van der Waals surface area contributed by atoms with Gasteiger partial charge in [0.05, 0.1) is 16.6 Å². The molecule has 0 radical (unpaired) electrons. The van der Waals surface area contributed by atoms with Gasteiger partial charge in [-0.15, -0.1) is 0 Å². The molecule has 2 aromatic heterocycles. The molecule has 1 aliphatic heterocycles. The average molecular weight is 599 g/mol. The number of halogens is 3. The molecule has 0 unspecified atom stereocenters. The van der Waals surface area contributed by atoms with E-state index in [0.717, 1.165) is 24.1 Å². The number of fused-ring (bicyclic) bond motifs is 1. The van der Waals surface area contributed by atoms with Crippen molar-refractivity contribution < 1.29 is 27.9 Å². The number of anilines is 3. The number of carbonyl (C=O) groups excluding carboxylic acids is 2. The van der Waals surface area contributed by atoms with E-state index >= 15 is 0 Å². The first-order valence-electron chi connectivity index (χ1n) is 13.6. The Hall–Kier alpha value is -5.52. The summed E-state index contributed by atoms with van der Waals surface area (Å²) >= 11 is 0. The van der Waals surface area contributed by atoms with Crippen LogP contribution in [-0.2, 0) is 11.0 Å². The number of alkyl halides is 3. The molecule has 12 heteroatoms. The number of phenolic OH excluding ortho intramolecular Hbond substituents is 1. The van der Waals surface area contributed by atoms with Gasteiger partial charge in [-0.05, 0) is 78.6 Å². The van der Waals surface area contributed by atoms with Crippen molar-refractivity contribution in [2.45, 2.75) is 25.9 Å². The molecule has 1 aliphatic rings. The average Bonchev–Trinajstić information content (AvgIpc) is 3.43. The van der Waals surface area contributed by atoms with Crippen molar-refractivity contribution >= 4 is 40.2 Å². The van der Waals surface area contributed by atoms with Crippen LogP contribution in [0.15, 0.2) is 73.1 Å². The second kappa shape index (κ2) is 11.0. The number of benzene rings is 3. The monoisotopic (exact) mass is 598 g/mol. The Labute approximate surface area is 249 Å². The van der Waals surface area contributed by atoms with Crippen LogP contribution in [0.4, 0.5) is 30.6 Å². The van der Waals surface area contributed by atoms with Gasteiger partial charge in [0.2, 0.25) is 11.9 Å². The molecule has 3 heterocycles. The van der Waals surface area contributed by atoms with Crippen molar-refractivity contribution in [3.8, 4) is 28.0 Å². The van der Waals surface area contributed by atoms with Crippen LogP contribution in [-0.4, -0.2) is 38.4 Å². The summed E-state index contributed by atoms with van der Waals surface area (Å²) in [4.78, 5) is 40.0. The van der Waals surface area contributed by atoms with Gasteiger partial charge in [-0.1, -0.05) is 12.1 Å². The Morgan fingerprint density at radius 1 is 1.05 bits per heavy atom. The molecule has 0 atom stereocenters. The summed E-state index contributed by atoms with van der Waals surface area (Å²) in [6, 6.07) is 14.2. The number of pyridine rings is 1. The molecule has 4 N–H and O–H groups in total. The SMILES string of the molecule is Cc1ccc(C(=O)Nc2cccc(C(F)(F)F)c2)cc1-c1cc2cnc(N)nc2c(-c2ccnc(N3CCCC3=O)c2)c1O. The van der Waals surface area contributed by atoms with Crippen molar-refractivity contribution in [3.63, 3.8) is 0 Å². The standard InChI is InChI=1S/C32H25F3N6O3/c1-17-7-8-19(30(44)39-22-5-2-4-21(15-22)32(33,34)35)12-23(17)24-13-20-16-38-31(36)40-28(20)27(29(24)43)18-9-10-37-25(14-18)41-11-3-6-26(41)42/h2,4-5,7-10,12-16,43H,3,6,11H2,1H3,(H,39,44)(H2,36,38,40). The van der Waals surface area contributed by atoms with E-state index in [-0.39, 0.29) is 28.9 Å². The largest absolute Gasteiger partial charge is 0.507 e. The maximum atomic E-state index is 13.2. The third-order valence-electron chi connectivity index (χ3n) is 7.49. The maximum Gasteiger partial charge on any atom is 0.416 e. The molecule has 0 saturated carbocycles. The predicted octanol–water partition coefficient (Wildman–Crippen LogP) is 6.35. The van der Waals surface area contributed by atoms with E-state index in [9.17, 15) is 27.9 Å². The lowest BCUT2D eigenvalue weighted by molar-refractivity contribution is -0.137. The van der Waals surface area contributed by atoms with Crippen LogP contribution in [0.25, 0.3) is 33.2 Å². The number of aryl methyl sites for hydroxylation is 1. The topological polar surface area (TPSA) is 134 Å². The number of carbonyl (C=O) groups is 2. The molecule has 0 bridgehead atoms. The van der Waals surface area contributed by atoms with Gasteiger partial charge in [-0.3, -0.25) is 14.5 Å². The lowest BCUT2D eigenvalue weighted by atomic mass is 9.91. The number of nitrogens with two attached hydrogens (primary N) is 1. The van der Waals surface area contributed by atoms with Crippen molar-refractivity contribution in [2.75, 3.05) is 22.5 Å². The van der Waals surface area contributed by atoms with Crippen LogP contribution in [0.3, 0.4) is 0 Å². The van der Waals surface area contributed by atoms with Crippen molar-refractivity contribution in [1.29, 1.82) is 0 Å². The first kappa shape index (κ1) is 28.6. The summed E-state index contributed by atoms with van der Waals surface area (Å²) in [7, 11) is 0. The normalized spacial score (nSPS) is 13.5. The van der Waals surface area contributed by atoms with Gasteiger partial charge in [-0.25, -0.2) is 15.0 Å². The number of nitrogen functional groups attached to an aromatic ring is 1. The van der Waals surface area contributed by atoms with Gasteiger partial charge < -0.3 is 16.2 Å². The summed E-state index contributed by atoms with van der Waals surface area (Å²) in [5, 5.41) is 14.8. The number of aromatic nitrogens is 3. The van der Waals surface area contributed by atoms with Crippen molar-refractivity contribution in [3.05, 3.63) is 89.7 Å². The molecular weight excluding hydrogens is 573 g/mol. The minimum absolute atomic E-state index is 0.000610. The van der Waals surface area contributed by atoms with Gasteiger partial charge >= 0.3 is 6.18 Å². The lowest BCUT2D eigenvalue weighted by Crippen LogP contribution is -2.24. The Balaban J connectivity index is 1.45. The Morgan fingerprint density at radius 2 is 1.86 bits per heavy atom. The zero-order chi connectivity index (χ0) is 31.2. The summed E-state index contributed by atoms with van der Waals surface area (Å²) < 4.78 is 39.6. The lowest BCUT2D eigenvalue weighted by Gasteiger charge is -2.18. The molecule has 2 amide bonds. The molecule has 1 saturated heterocycles. The van der Waals surface area contributed by atoms with Crippen LogP contribution >= 0.6 is 0 Å². The Kier molecular flexibility index (Phi) is 7.12. The quantitative estimate of drug-likeness (QED) is 0.215. The number of rotatable bonds is 5. The third kappa shape index (κ3) is 5.37. The fraction of sp³-hybridized carbons (Fsp3) is 0.156. The molecule has 0 aliphatic carbocycles. The Bertz CT molecular complexity index is 1960. The van der Waals surface area contributed by atoms with Gasteiger partial charge in [0.25, 0.3) is 5.91 Å². The summed E-state index contributed by atoms with van der Waals surface area (Å²) in [5.41, 5.74) is 8.01. The van der Waals surface area contributed by atoms with Gasteiger partial charge in [0.15, 0.2) is 0 Å². The van der Waals surface area contributed by atoms with Crippen LogP contribution in [0, 0.1) is 6.92 Å². The number of hydrogen-bond donors (Lipinski definition) is 3. The van der Waals surface area contributed by atoms with Crippen LogP contribution in [0.5, 0.6) is 5.75 Å². The smallest absolute Gasteiger partial charge is 0.416 e. The Morgan fingerprint density at radius 3 is 2.61 bits per heavy atom. The van der Waals surface area contributed by atoms with E-state index in [0.29, 0.717) is 51.9 Å². The third-order valence-corrected chi connectivity index (χ3v) is 7.49. The van der Waals surface area contributed by atoms with Crippen molar-refractivity contribution in [2.24, 2.45) is 0 Å². The van der Waals surface area contributed by atoms with E-state index in [1.807, 2.05) is 0 Å². The number of aromatic hydroxyl groups is 1. The molecule has 6 rings (SSSR count). The highest BCUT2D eigenvalue weighted by atomic mass is 19.4. The molecule has 3 aromatic carbocycles. The fourth-order valence-corrected chi connectivity index (χ4v) is 5.30. The minimum Gasteiger partial charge on any atom is -0.507 e. The first-order valence-corrected chi connectivity index (χ1v) is 13.6. The van der Waals surface area contributed by atoms with Crippen LogP contribution < -0.4 is 16.0 Å². The highest BCUT2D eigenvalue weighted by Gasteiger charge is 2.30. The van der Waals surface area contributed by atoms with Crippen LogP contribution in [0.1, 0.15) is 34.3 Å². The second-order valence-electron chi connectivity index (χ2n) is 10.4. The van der Waals surface area contributed by atoms with Crippen LogP contribution in [0.2, 0.25) is 0 Å². The number of amides is 2. The molecule has 0 spiro atoms. The molecule has 5 aromatic rings. The van der Waals surface area contributed by atoms with E-state index in [4.69, 9.17) is 5.73 Å². The molecule has 9 nitrogen and oxygen atoms in total. The highest BCUT2D eigenvalue weighted by molar-refractivity contribution is 6.07. The number of nitrogens with one attached hydrogen (secondary N) is 1. The predicted molar refractivity (Wildman–Crippen MR) is 160 cm³/mol. The summed E-state index contributed by atoms with van der Waals surface area (Å²) in [6.07, 6.45) is -0.346. The zero-order valence-electron chi connectivity index (χ0n) is 23.3. The molecule has 222 valence electrons. The first-order chi connectivity index (χ1) is 21.0. The zero-order valence-corrected chi connectivity index (χ0v) is 23.3. The van der Waals surface area contributed by atoms with E-state index in [1.165, 1.54) is 18.3 Å². The molecular formula is C32H25F3N6O3. The number of hydrogen-bond acceptors (Lipinski definition) is 7. The molecule has 44 heavy (non-hydrogen) atoms. The fourth-order valence-electron chi connectivity index (χ4n) is 5.30. The van der Waals surface area contributed by atoms with E-state index in [1.54, 1.807) is 54.4 Å². The van der Waals surface area contributed by atoms with E-state index in [2.05, 4.69) is 20.3 Å². The van der Waals surface area contributed by atoms with E-state index < -0.39 is 17.6 Å². The van der Waals surface area contributed by atoms with Gasteiger partial charge in [0.1, 0.15) is 11.6 Å². The molecule has 1 fully saturated rings. The maximum absolute atomic E-state index is 13.2. The summed E-state index contributed by atoms with van der Waals surface area (Å²) in [5.74, 6) is -0.385. The number of nitrogens with zero attached hydrogens (tertiary/aromatic N) is 4. The van der Waals surface area contributed by atoms with Gasteiger partial charge in [-0.2, -0.15) is 13.2 Å². The summed E-state index contributed by atoms with van der Waals surface area (Å²) in [6.45, 7) is 2.34.